The van der Waals surface area contributed by atoms with E-state index in [-0.39, 0.29) is 11.7 Å². The van der Waals surface area contributed by atoms with Gasteiger partial charge in [0.2, 0.25) is 0 Å². The lowest BCUT2D eigenvalue weighted by molar-refractivity contribution is -0.0441. The second-order valence-corrected chi connectivity index (χ2v) is 10.8. The third kappa shape index (κ3) is 4.15. The fourth-order valence-electron chi connectivity index (χ4n) is 6.04. The third-order valence-electron chi connectivity index (χ3n) is 8.10. The van der Waals surface area contributed by atoms with Crippen molar-refractivity contribution in [3.05, 3.63) is 138 Å². The van der Waals surface area contributed by atoms with Crippen molar-refractivity contribution in [2.45, 2.75) is 25.6 Å². The summed E-state index contributed by atoms with van der Waals surface area (Å²) >= 11 is 0. The van der Waals surface area contributed by atoms with Gasteiger partial charge in [-0.25, -0.2) is 0 Å². The molecule has 0 saturated carbocycles. The van der Waals surface area contributed by atoms with Gasteiger partial charge in [-0.1, -0.05) is 98.8 Å². The van der Waals surface area contributed by atoms with E-state index < -0.39 is 0 Å². The van der Waals surface area contributed by atoms with Crippen molar-refractivity contribution < 1.29 is 9.47 Å². The van der Waals surface area contributed by atoms with E-state index in [1.165, 1.54) is 33.4 Å². The molecule has 2 aliphatic rings. The van der Waals surface area contributed by atoms with Crippen molar-refractivity contribution >= 4 is 17.1 Å². The van der Waals surface area contributed by atoms with Crippen LogP contribution in [0.25, 0.3) is 22.3 Å². The van der Waals surface area contributed by atoms with Gasteiger partial charge >= 0.3 is 0 Å². The Labute approximate surface area is 230 Å². The molecule has 0 radical (unpaired) electrons. The van der Waals surface area contributed by atoms with Gasteiger partial charge in [-0.05, 0) is 69.8 Å². The van der Waals surface area contributed by atoms with E-state index in [0.717, 1.165) is 22.6 Å². The van der Waals surface area contributed by atoms with Crippen molar-refractivity contribution in [1.82, 2.24) is 0 Å². The van der Waals surface area contributed by atoms with E-state index in [2.05, 4.69) is 140 Å². The molecule has 0 unspecified atom stereocenters. The van der Waals surface area contributed by atoms with Gasteiger partial charge in [0.15, 0.2) is 6.29 Å². The maximum Gasteiger partial charge on any atom is 0.184 e. The predicted molar refractivity (Wildman–Crippen MR) is 159 cm³/mol. The number of ether oxygens (including phenoxy) is 2. The molecule has 1 aliphatic heterocycles. The molecule has 192 valence electrons. The van der Waals surface area contributed by atoms with Crippen LogP contribution in [0.3, 0.4) is 0 Å². The minimum Gasteiger partial charge on any atom is -0.346 e. The smallest absolute Gasteiger partial charge is 0.184 e. The number of rotatable bonds is 5. The molecule has 3 nitrogen and oxygen atoms in total. The Morgan fingerprint density at radius 3 is 1.85 bits per heavy atom. The molecule has 0 aromatic heterocycles. The van der Waals surface area contributed by atoms with Crippen molar-refractivity contribution in [2.75, 3.05) is 18.1 Å². The highest BCUT2D eigenvalue weighted by Crippen LogP contribution is 2.50. The molecular weight excluding hydrogens is 478 g/mol. The molecule has 1 saturated heterocycles. The van der Waals surface area contributed by atoms with Crippen LogP contribution in [0.5, 0.6) is 0 Å². The van der Waals surface area contributed by atoms with E-state index in [4.69, 9.17) is 9.47 Å². The number of para-hydroxylation sites is 1. The fraction of sp³-hybridized carbons (Fsp3) is 0.167. The Bertz CT molecular complexity index is 1620. The predicted octanol–water partition coefficient (Wildman–Crippen LogP) is 9.18. The first kappa shape index (κ1) is 23.9. The molecule has 7 rings (SSSR count). The average molecular weight is 510 g/mol. The van der Waals surface area contributed by atoms with Gasteiger partial charge in [0.1, 0.15) is 0 Å². The lowest BCUT2D eigenvalue weighted by Gasteiger charge is -2.28. The van der Waals surface area contributed by atoms with Gasteiger partial charge in [-0.15, -0.1) is 0 Å². The van der Waals surface area contributed by atoms with Crippen molar-refractivity contribution in [1.29, 1.82) is 0 Å². The zero-order chi connectivity index (χ0) is 26.4. The Morgan fingerprint density at radius 2 is 1.13 bits per heavy atom. The molecular formula is C36H31NO2. The molecule has 0 bridgehead atoms. The average Bonchev–Trinajstić information content (AvgIpc) is 3.60. The Kier molecular flexibility index (Phi) is 5.84. The quantitative estimate of drug-likeness (QED) is 0.236. The second kappa shape index (κ2) is 9.53. The maximum atomic E-state index is 5.64. The van der Waals surface area contributed by atoms with E-state index >= 15 is 0 Å². The molecule has 5 aromatic rings. The molecule has 5 aromatic carbocycles. The Morgan fingerprint density at radius 1 is 0.564 bits per heavy atom. The van der Waals surface area contributed by atoms with Gasteiger partial charge in [0.25, 0.3) is 0 Å². The van der Waals surface area contributed by atoms with Crippen LogP contribution in [0.1, 0.15) is 36.8 Å². The summed E-state index contributed by atoms with van der Waals surface area (Å²) in [5.74, 6) is 0. The van der Waals surface area contributed by atoms with E-state index in [0.29, 0.717) is 13.2 Å². The first-order valence-electron chi connectivity index (χ1n) is 13.6. The standard InChI is InChI=1S/C36H31NO2/c1-36(2)33-11-7-6-10-31(33)32-21-20-30(24-34(32)36)37(28-8-4-3-5-9-28)29-18-16-26(17-19-29)25-12-14-27(15-13-25)35-38-22-23-39-35/h3-21,24,35H,22-23H2,1-2H3. The van der Waals surface area contributed by atoms with Crippen LogP contribution in [0.4, 0.5) is 17.1 Å². The second-order valence-electron chi connectivity index (χ2n) is 10.8. The summed E-state index contributed by atoms with van der Waals surface area (Å²) in [5, 5.41) is 0. The summed E-state index contributed by atoms with van der Waals surface area (Å²) < 4.78 is 11.3. The maximum absolute atomic E-state index is 5.64. The lowest BCUT2D eigenvalue weighted by Crippen LogP contribution is -2.16. The van der Waals surface area contributed by atoms with Crippen LogP contribution in [0.15, 0.2) is 121 Å². The summed E-state index contributed by atoms with van der Waals surface area (Å²) in [5.41, 5.74) is 12.2. The largest absolute Gasteiger partial charge is 0.346 e. The van der Waals surface area contributed by atoms with Crippen LogP contribution in [-0.4, -0.2) is 13.2 Å². The molecule has 1 aliphatic carbocycles. The van der Waals surface area contributed by atoms with E-state index in [1.807, 2.05) is 0 Å². The highest BCUT2D eigenvalue weighted by Gasteiger charge is 2.35. The van der Waals surface area contributed by atoms with E-state index in [1.54, 1.807) is 0 Å². The van der Waals surface area contributed by atoms with Crippen LogP contribution in [0, 0.1) is 0 Å². The molecule has 1 fully saturated rings. The van der Waals surface area contributed by atoms with Crippen molar-refractivity contribution in [3.63, 3.8) is 0 Å². The molecule has 0 atom stereocenters. The minimum absolute atomic E-state index is 0.0467. The molecule has 39 heavy (non-hydrogen) atoms. The van der Waals surface area contributed by atoms with Crippen LogP contribution < -0.4 is 4.90 Å². The zero-order valence-electron chi connectivity index (χ0n) is 22.3. The van der Waals surface area contributed by atoms with Gasteiger partial charge in [0.05, 0.1) is 13.2 Å². The summed E-state index contributed by atoms with van der Waals surface area (Å²) in [6.07, 6.45) is -0.244. The molecule has 0 spiro atoms. The van der Waals surface area contributed by atoms with Crippen LogP contribution in [0.2, 0.25) is 0 Å². The number of hydrogen-bond donors (Lipinski definition) is 0. The topological polar surface area (TPSA) is 21.7 Å². The molecule has 1 heterocycles. The Hall–Kier alpha value is -4.18. The molecule has 0 amide bonds. The normalized spacial score (nSPS) is 15.6. The van der Waals surface area contributed by atoms with Gasteiger partial charge in [-0.3, -0.25) is 0 Å². The minimum atomic E-state index is -0.244. The SMILES string of the molecule is CC1(C)c2ccccc2-c2ccc(N(c3ccccc3)c3ccc(-c4ccc(C5OCCO5)cc4)cc3)cc21. The number of benzene rings is 5. The highest BCUT2D eigenvalue weighted by molar-refractivity contribution is 5.85. The first-order valence-corrected chi connectivity index (χ1v) is 13.6. The van der Waals surface area contributed by atoms with E-state index in [9.17, 15) is 0 Å². The fourth-order valence-corrected chi connectivity index (χ4v) is 6.04. The number of hydrogen-bond acceptors (Lipinski definition) is 3. The van der Waals surface area contributed by atoms with Crippen molar-refractivity contribution in [2.24, 2.45) is 0 Å². The van der Waals surface area contributed by atoms with Gasteiger partial charge in [-0.2, -0.15) is 0 Å². The number of fused-ring (bicyclic) bond motifs is 3. The summed E-state index contributed by atoms with van der Waals surface area (Å²) in [6, 6.07) is 43.7. The monoisotopic (exact) mass is 509 g/mol. The van der Waals surface area contributed by atoms with Gasteiger partial charge in [0, 0.05) is 28.0 Å². The Balaban J connectivity index is 1.25. The zero-order valence-corrected chi connectivity index (χ0v) is 22.3. The third-order valence-corrected chi connectivity index (χ3v) is 8.10. The van der Waals surface area contributed by atoms with Gasteiger partial charge < -0.3 is 14.4 Å². The van der Waals surface area contributed by atoms with Crippen LogP contribution >= 0.6 is 0 Å². The van der Waals surface area contributed by atoms with Crippen LogP contribution in [-0.2, 0) is 14.9 Å². The first-order chi connectivity index (χ1) is 19.1. The lowest BCUT2D eigenvalue weighted by atomic mass is 9.82. The highest BCUT2D eigenvalue weighted by atomic mass is 16.7. The number of nitrogens with zero attached hydrogens (tertiary/aromatic N) is 1. The number of anilines is 3. The molecule has 0 N–H and O–H groups in total. The summed E-state index contributed by atoms with van der Waals surface area (Å²) in [4.78, 5) is 2.35. The summed E-state index contributed by atoms with van der Waals surface area (Å²) in [6.45, 7) is 5.97. The molecule has 3 heteroatoms. The summed E-state index contributed by atoms with van der Waals surface area (Å²) in [7, 11) is 0. The van der Waals surface area contributed by atoms with Crippen molar-refractivity contribution in [3.8, 4) is 22.3 Å².